The van der Waals surface area contributed by atoms with Crippen molar-refractivity contribution in [2.75, 3.05) is 0 Å². The van der Waals surface area contributed by atoms with Crippen LogP contribution in [0, 0.1) is 15.9 Å². The molecule has 0 aliphatic rings. The summed E-state index contributed by atoms with van der Waals surface area (Å²) in [5.74, 6) is 0.137. The maximum Gasteiger partial charge on any atom is 0.305 e. The Balaban J connectivity index is 1.87. The van der Waals surface area contributed by atoms with E-state index in [9.17, 15) is 14.5 Å². The van der Waals surface area contributed by atoms with Crippen molar-refractivity contribution in [3.8, 4) is 0 Å². The summed E-state index contributed by atoms with van der Waals surface area (Å²) in [6.45, 7) is 2.24. The van der Waals surface area contributed by atoms with Crippen LogP contribution in [0.3, 0.4) is 0 Å². The number of hydrogen-bond acceptors (Lipinski definition) is 4. The lowest BCUT2D eigenvalue weighted by Gasteiger charge is -2.13. The zero-order valence-corrected chi connectivity index (χ0v) is 11.7. The van der Waals surface area contributed by atoms with Gasteiger partial charge < -0.3 is 9.73 Å². The van der Waals surface area contributed by atoms with Gasteiger partial charge in [0.05, 0.1) is 11.2 Å². The lowest BCUT2D eigenvalue weighted by molar-refractivity contribution is -0.387. The van der Waals surface area contributed by atoms with Crippen molar-refractivity contribution < 1.29 is 13.7 Å². The van der Waals surface area contributed by atoms with Crippen molar-refractivity contribution in [2.24, 2.45) is 0 Å². The first-order chi connectivity index (χ1) is 10.1. The largest absolute Gasteiger partial charge is 0.469 e. The van der Waals surface area contributed by atoms with E-state index in [1.807, 2.05) is 19.1 Å². The normalized spacial score (nSPS) is 12.3. The molecule has 0 aliphatic carbocycles. The number of rotatable bonds is 7. The molecule has 5 nitrogen and oxygen atoms in total. The molecule has 1 N–H and O–H groups in total. The fraction of sp³-hybridized carbons (Fsp3) is 0.333. The van der Waals surface area contributed by atoms with Gasteiger partial charge in [0.15, 0.2) is 0 Å². The monoisotopic (exact) mass is 292 g/mol. The number of hydrogen-bond donors (Lipinski definition) is 1. The van der Waals surface area contributed by atoms with E-state index in [4.69, 9.17) is 4.42 Å². The third-order valence-corrected chi connectivity index (χ3v) is 3.30. The van der Waals surface area contributed by atoms with Gasteiger partial charge in [-0.05, 0) is 25.5 Å². The van der Waals surface area contributed by atoms with Crippen molar-refractivity contribution in [1.82, 2.24) is 5.32 Å². The van der Waals surface area contributed by atoms with E-state index < -0.39 is 16.4 Å². The van der Waals surface area contributed by atoms with Gasteiger partial charge in [0.1, 0.15) is 5.76 Å². The molecule has 0 radical (unpaired) electrons. The third kappa shape index (κ3) is 4.13. The summed E-state index contributed by atoms with van der Waals surface area (Å²) >= 11 is 0. The van der Waals surface area contributed by atoms with E-state index in [1.54, 1.807) is 12.3 Å². The predicted octanol–water partition coefficient (Wildman–Crippen LogP) is 3.44. The van der Waals surface area contributed by atoms with E-state index in [2.05, 4.69) is 5.32 Å². The molecule has 0 aliphatic heterocycles. The van der Waals surface area contributed by atoms with Crippen LogP contribution in [0.1, 0.15) is 24.7 Å². The Hall–Kier alpha value is -2.21. The van der Waals surface area contributed by atoms with Crippen LogP contribution in [-0.2, 0) is 13.0 Å². The molecule has 1 aromatic carbocycles. The molecule has 112 valence electrons. The highest BCUT2D eigenvalue weighted by Gasteiger charge is 2.17. The molecule has 1 heterocycles. The summed E-state index contributed by atoms with van der Waals surface area (Å²) in [5.41, 5.74) is -0.188. The van der Waals surface area contributed by atoms with E-state index in [1.165, 1.54) is 12.1 Å². The Morgan fingerprint density at radius 1 is 1.38 bits per heavy atom. The van der Waals surface area contributed by atoms with Gasteiger partial charge in [0.25, 0.3) is 0 Å². The molecule has 0 bridgehead atoms. The average molecular weight is 292 g/mol. The summed E-state index contributed by atoms with van der Waals surface area (Å²) in [6.07, 6.45) is 3.26. The zero-order valence-electron chi connectivity index (χ0n) is 11.7. The summed E-state index contributed by atoms with van der Waals surface area (Å²) in [7, 11) is 0. The van der Waals surface area contributed by atoms with Crippen LogP contribution in [0.15, 0.2) is 41.0 Å². The Morgan fingerprint density at radius 3 is 2.86 bits per heavy atom. The van der Waals surface area contributed by atoms with Crippen LogP contribution in [0.5, 0.6) is 0 Å². The molecule has 0 spiro atoms. The van der Waals surface area contributed by atoms with Gasteiger partial charge in [-0.3, -0.25) is 10.1 Å². The second-order valence-corrected chi connectivity index (χ2v) is 4.91. The van der Waals surface area contributed by atoms with Crippen molar-refractivity contribution in [2.45, 2.75) is 32.4 Å². The van der Waals surface area contributed by atoms with Gasteiger partial charge >= 0.3 is 5.69 Å². The smallest absolute Gasteiger partial charge is 0.305 e. The van der Waals surface area contributed by atoms with Crippen molar-refractivity contribution in [1.29, 1.82) is 0 Å². The lowest BCUT2D eigenvalue weighted by Crippen LogP contribution is -2.26. The van der Waals surface area contributed by atoms with Crippen LogP contribution in [-0.4, -0.2) is 11.0 Å². The first kappa shape index (κ1) is 15.2. The molecule has 21 heavy (non-hydrogen) atoms. The second-order valence-electron chi connectivity index (χ2n) is 4.91. The number of halogens is 1. The zero-order chi connectivity index (χ0) is 15.2. The van der Waals surface area contributed by atoms with E-state index in [-0.39, 0.29) is 12.6 Å². The molecule has 1 unspecified atom stereocenters. The first-order valence-corrected chi connectivity index (χ1v) is 6.75. The van der Waals surface area contributed by atoms with Gasteiger partial charge in [-0.25, -0.2) is 0 Å². The molecule has 6 heteroatoms. The van der Waals surface area contributed by atoms with Crippen molar-refractivity contribution in [3.05, 3.63) is 63.9 Å². The highest BCUT2D eigenvalue weighted by molar-refractivity contribution is 5.36. The van der Waals surface area contributed by atoms with Crippen LogP contribution in [0.4, 0.5) is 10.1 Å². The number of nitro benzene ring substituents is 1. The average Bonchev–Trinajstić information content (AvgIpc) is 2.97. The highest BCUT2D eigenvalue weighted by atomic mass is 19.1. The van der Waals surface area contributed by atoms with Gasteiger partial charge in [-0.2, -0.15) is 4.39 Å². The molecule has 1 atom stereocenters. The van der Waals surface area contributed by atoms with Gasteiger partial charge in [-0.15, -0.1) is 0 Å². The first-order valence-electron chi connectivity index (χ1n) is 6.75. The minimum absolute atomic E-state index is 0.147. The molecule has 2 rings (SSSR count). The SMILES string of the molecule is CC(CCc1ccco1)NCc1cccc([N+](=O)[O-])c1F. The number of nitrogens with one attached hydrogen (secondary N) is 1. The summed E-state index contributed by atoms with van der Waals surface area (Å²) < 4.78 is 19.1. The quantitative estimate of drug-likeness (QED) is 0.627. The number of aryl methyl sites for hydroxylation is 1. The molecule has 0 saturated carbocycles. The lowest BCUT2D eigenvalue weighted by atomic mass is 10.1. The number of furan rings is 1. The molecule has 0 fully saturated rings. The number of nitrogens with zero attached hydrogens (tertiary/aromatic N) is 1. The van der Waals surface area contributed by atoms with E-state index in [0.717, 1.165) is 18.6 Å². The molecule has 2 aromatic rings. The van der Waals surface area contributed by atoms with Gasteiger partial charge in [0.2, 0.25) is 5.82 Å². The van der Waals surface area contributed by atoms with E-state index >= 15 is 0 Å². The molecular formula is C15H17FN2O3. The number of nitro groups is 1. The molecule has 0 amide bonds. The van der Waals surface area contributed by atoms with Gasteiger partial charge in [-0.1, -0.05) is 12.1 Å². The highest BCUT2D eigenvalue weighted by Crippen LogP contribution is 2.20. The summed E-state index contributed by atoms with van der Waals surface area (Å²) in [5, 5.41) is 13.8. The Morgan fingerprint density at radius 2 is 2.19 bits per heavy atom. The number of benzene rings is 1. The maximum absolute atomic E-state index is 13.9. The Kier molecular flexibility index (Phi) is 5.05. The minimum atomic E-state index is -0.770. The summed E-state index contributed by atoms with van der Waals surface area (Å²) in [6, 6.07) is 8.10. The second kappa shape index (κ2) is 6.99. The van der Waals surface area contributed by atoms with Crippen LogP contribution in [0.2, 0.25) is 0 Å². The fourth-order valence-corrected chi connectivity index (χ4v) is 2.04. The minimum Gasteiger partial charge on any atom is -0.469 e. The molecule has 1 aromatic heterocycles. The van der Waals surface area contributed by atoms with Crippen LogP contribution < -0.4 is 5.32 Å². The summed E-state index contributed by atoms with van der Waals surface area (Å²) in [4.78, 5) is 9.97. The molecule has 0 saturated heterocycles. The maximum atomic E-state index is 13.9. The van der Waals surface area contributed by atoms with E-state index in [0.29, 0.717) is 5.56 Å². The molecular weight excluding hydrogens is 275 g/mol. The Bertz CT molecular complexity index is 599. The standard InChI is InChI=1S/C15H17FN2O3/c1-11(7-8-13-5-3-9-21-13)17-10-12-4-2-6-14(15(12)16)18(19)20/h2-6,9,11,17H,7-8,10H2,1H3. The van der Waals surface area contributed by atoms with Crippen molar-refractivity contribution >= 4 is 5.69 Å². The van der Waals surface area contributed by atoms with Gasteiger partial charge in [0, 0.05) is 30.6 Å². The fourth-order valence-electron chi connectivity index (χ4n) is 2.04. The van der Waals surface area contributed by atoms with Crippen LogP contribution in [0.25, 0.3) is 0 Å². The topological polar surface area (TPSA) is 68.3 Å². The van der Waals surface area contributed by atoms with Crippen molar-refractivity contribution in [3.63, 3.8) is 0 Å². The Labute approximate surface area is 121 Å². The predicted molar refractivity (Wildman–Crippen MR) is 76.4 cm³/mol. The van der Waals surface area contributed by atoms with Crippen LogP contribution >= 0.6 is 0 Å². The third-order valence-electron chi connectivity index (χ3n) is 3.30.